The third-order valence-electron chi connectivity index (χ3n) is 8.68. The molecule has 0 radical (unpaired) electrons. The molecule has 7 heteroatoms. The van der Waals surface area contributed by atoms with E-state index in [0.717, 1.165) is 32.1 Å². The first-order chi connectivity index (χ1) is 19.9. The second-order valence-corrected chi connectivity index (χ2v) is 12.1. The molecule has 2 aliphatic rings. The Morgan fingerprint density at radius 3 is 2.43 bits per heavy atom. The van der Waals surface area contributed by atoms with Crippen LogP contribution < -0.4 is 4.74 Å². The molecular weight excluding hydrogens is 539 g/mol. The highest BCUT2D eigenvalue weighted by atomic mass is 19.3. The van der Waals surface area contributed by atoms with E-state index < -0.39 is 18.1 Å². The van der Waals surface area contributed by atoms with Crippen molar-refractivity contribution < 1.29 is 27.8 Å². The summed E-state index contributed by atoms with van der Waals surface area (Å²) >= 11 is 0. The summed E-state index contributed by atoms with van der Waals surface area (Å²) in [5.41, 5.74) is 2.19. The predicted octanol–water partition coefficient (Wildman–Crippen LogP) is 8.93. The molecule has 3 atom stereocenters. The van der Waals surface area contributed by atoms with Crippen LogP contribution in [-0.4, -0.2) is 28.3 Å². The molecule has 0 bridgehead atoms. The summed E-state index contributed by atoms with van der Waals surface area (Å²) in [5, 5.41) is 11.1. The molecule has 1 aliphatic heterocycles. The Kier molecular flexibility index (Phi) is 10.1. The number of rotatable bonds is 10. The smallest absolute Gasteiger partial charge is 0.397 e. The molecule has 226 valence electrons. The van der Waals surface area contributed by atoms with Crippen molar-refractivity contribution in [3.8, 4) is 5.75 Å². The van der Waals surface area contributed by atoms with Crippen molar-refractivity contribution in [2.45, 2.75) is 90.8 Å². The van der Waals surface area contributed by atoms with Crippen LogP contribution in [0.5, 0.6) is 5.75 Å². The normalized spacial score (nSPS) is 24.5. The van der Waals surface area contributed by atoms with Crippen LogP contribution in [0.3, 0.4) is 0 Å². The van der Waals surface area contributed by atoms with Gasteiger partial charge in [0.15, 0.2) is 5.78 Å². The fourth-order valence-electron chi connectivity index (χ4n) is 5.86. The molecule has 0 saturated heterocycles. The van der Waals surface area contributed by atoms with E-state index >= 15 is 0 Å². The van der Waals surface area contributed by atoms with E-state index in [0.29, 0.717) is 41.0 Å². The molecule has 1 N–H and O–H groups in total. The highest BCUT2D eigenvalue weighted by Crippen LogP contribution is 2.37. The first-order valence-electron chi connectivity index (χ1n) is 15.1. The zero-order chi connectivity index (χ0) is 30.5. The monoisotopic (exact) mass is 581 g/mol. The maximum absolute atomic E-state index is 14.2. The van der Waals surface area contributed by atoms with Crippen molar-refractivity contribution >= 4 is 17.2 Å². The number of ketones is 1. The second-order valence-electron chi connectivity index (χ2n) is 12.1. The lowest BCUT2D eigenvalue weighted by molar-refractivity contribution is -0.177. The summed E-state index contributed by atoms with van der Waals surface area (Å²) in [6.07, 6.45) is 5.71. The average Bonchev–Trinajstić information content (AvgIpc) is 2.95. The molecule has 1 fully saturated rings. The van der Waals surface area contributed by atoms with E-state index in [2.05, 4.69) is 0 Å². The molecule has 2 unspecified atom stereocenters. The van der Waals surface area contributed by atoms with E-state index in [1.54, 1.807) is 30.3 Å². The van der Waals surface area contributed by atoms with Gasteiger partial charge in [0, 0.05) is 29.4 Å². The first kappa shape index (κ1) is 31.7. The van der Waals surface area contributed by atoms with Gasteiger partial charge in [0.2, 0.25) is 0 Å². The lowest BCUT2D eigenvalue weighted by atomic mass is 9.74. The number of aliphatic imine (C=N–C) groups is 1. The number of Topliss-reactive ketones (excluding diaryl/α,β-unsaturated/α-hetero) is 1. The Hall–Kier alpha value is -3.19. The number of benzene rings is 2. The second kappa shape index (κ2) is 13.4. The number of halogens is 3. The van der Waals surface area contributed by atoms with Gasteiger partial charge in [-0.2, -0.15) is 8.78 Å². The van der Waals surface area contributed by atoms with Gasteiger partial charge < -0.3 is 9.84 Å². The number of nitrogens with zero attached hydrogens (tertiary/aromatic N) is 1. The molecular formula is C35H42F3NO3. The van der Waals surface area contributed by atoms with Gasteiger partial charge in [-0.25, -0.2) is 4.39 Å². The highest BCUT2D eigenvalue weighted by Gasteiger charge is 2.34. The zero-order valence-corrected chi connectivity index (χ0v) is 25.0. The number of alkyl halides is 2. The number of carbonyl (C=O) groups excluding carboxylic acids is 1. The van der Waals surface area contributed by atoms with Gasteiger partial charge in [-0.05, 0) is 79.6 Å². The minimum absolute atomic E-state index is 0.0229. The standard InChI is InChI=1S/C35H42F3NO3/c1-5-35(37,38)42-30-16-14-26(15-17-30)31-21-28(13-12-23(2)32(39-31)27-10-9-11-29(36)20-27)33(40)25(4)24(3)22-34(41)18-7-6-8-19-34/h9-11,13-17,20-21,23-25,41H,5-8,12,18-19,22H2,1-4H3/b28-13-,31-21-,39-32+/t23?,24-,25?/m1/s1. The SMILES string of the molecule is CCC(F)(F)Oc1ccc(C2=C/C(C(=O)C(C)[C@H](C)CC3(O)CCCCC3)=C/CC(C)/C(c3cccc(F)c3)=N\2)cc1. The molecule has 1 aliphatic carbocycles. The predicted molar refractivity (Wildman–Crippen MR) is 161 cm³/mol. The van der Waals surface area contributed by atoms with E-state index in [-0.39, 0.29) is 35.1 Å². The minimum atomic E-state index is -3.28. The van der Waals surface area contributed by atoms with E-state index in [9.17, 15) is 23.1 Å². The summed E-state index contributed by atoms with van der Waals surface area (Å²) in [4.78, 5) is 18.8. The third kappa shape index (κ3) is 8.00. The molecule has 0 aromatic heterocycles. The van der Waals surface area contributed by atoms with Gasteiger partial charge in [-0.3, -0.25) is 9.79 Å². The van der Waals surface area contributed by atoms with Crippen LogP contribution in [0.15, 0.2) is 71.2 Å². The van der Waals surface area contributed by atoms with E-state index in [4.69, 9.17) is 9.73 Å². The van der Waals surface area contributed by atoms with Gasteiger partial charge in [-0.1, -0.05) is 65.2 Å². The topological polar surface area (TPSA) is 58.9 Å². The van der Waals surface area contributed by atoms with Gasteiger partial charge in [0.1, 0.15) is 11.6 Å². The number of ether oxygens (including phenoxy) is 1. The van der Waals surface area contributed by atoms with Crippen LogP contribution in [0.4, 0.5) is 13.2 Å². The van der Waals surface area contributed by atoms with Crippen molar-refractivity contribution in [2.75, 3.05) is 0 Å². The van der Waals surface area contributed by atoms with Crippen LogP contribution in [0.2, 0.25) is 0 Å². The quantitative estimate of drug-likeness (QED) is 0.305. The minimum Gasteiger partial charge on any atom is -0.433 e. The van der Waals surface area contributed by atoms with Gasteiger partial charge in [0.25, 0.3) is 0 Å². The molecule has 4 rings (SSSR count). The number of carbonyl (C=O) groups is 1. The number of hydrogen-bond acceptors (Lipinski definition) is 4. The summed E-state index contributed by atoms with van der Waals surface area (Å²) in [6, 6.07) is 12.4. The van der Waals surface area contributed by atoms with Crippen LogP contribution in [-0.2, 0) is 4.79 Å². The molecule has 4 nitrogen and oxygen atoms in total. The highest BCUT2D eigenvalue weighted by molar-refractivity contribution is 6.07. The van der Waals surface area contributed by atoms with Crippen LogP contribution in [0, 0.1) is 23.6 Å². The summed E-state index contributed by atoms with van der Waals surface area (Å²) in [6.45, 7) is 7.27. The summed E-state index contributed by atoms with van der Waals surface area (Å²) in [5.74, 6) is -0.854. The number of hydrogen-bond donors (Lipinski definition) is 1. The van der Waals surface area contributed by atoms with Crippen LogP contribution in [0.25, 0.3) is 5.70 Å². The van der Waals surface area contributed by atoms with E-state index in [1.165, 1.54) is 31.2 Å². The van der Waals surface area contributed by atoms with Crippen molar-refractivity contribution in [1.82, 2.24) is 0 Å². The fraction of sp³-hybridized carbons (Fsp3) is 0.486. The Morgan fingerprint density at radius 1 is 1.10 bits per heavy atom. The van der Waals surface area contributed by atoms with E-state index in [1.807, 2.05) is 26.8 Å². The summed E-state index contributed by atoms with van der Waals surface area (Å²) in [7, 11) is 0. The molecule has 0 amide bonds. The fourth-order valence-corrected chi connectivity index (χ4v) is 5.86. The first-order valence-corrected chi connectivity index (χ1v) is 15.1. The lowest BCUT2D eigenvalue weighted by Gasteiger charge is -2.35. The summed E-state index contributed by atoms with van der Waals surface area (Å²) < 4.78 is 46.6. The molecule has 42 heavy (non-hydrogen) atoms. The molecule has 2 aromatic carbocycles. The van der Waals surface area contributed by atoms with Crippen LogP contribution >= 0.6 is 0 Å². The number of allylic oxidation sites excluding steroid dienone is 3. The Labute approximate surface area is 247 Å². The largest absolute Gasteiger partial charge is 0.433 e. The van der Waals surface area contributed by atoms with Crippen molar-refractivity contribution in [3.63, 3.8) is 0 Å². The molecule has 1 heterocycles. The van der Waals surface area contributed by atoms with Crippen molar-refractivity contribution in [3.05, 3.63) is 83.2 Å². The average molecular weight is 582 g/mol. The third-order valence-corrected chi connectivity index (χ3v) is 8.68. The Bertz CT molecular complexity index is 1340. The number of aliphatic hydroxyl groups is 1. The lowest BCUT2D eigenvalue weighted by Crippen LogP contribution is -2.36. The van der Waals surface area contributed by atoms with Crippen molar-refractivity contribution in [1.29, 1.82) is 0 Å². The maximum atomic E-state index is 14.2. The maximum Gasteiger partial charge on any atom is 0.397 e. The Balaban J connectivity index is 1.69. The van der Waals surface area contributed by atoms with Crippen molar-refractivity contribution in [2.24, 2.45) is 22.7 Å². The van der Waals surface area contributed by atoms with Gasteiger partial charge in [-0.15, -0.1) is 0 Å². The Morgan fingerprint density at radius 2 is 1.79 bits per heavy atom. The zero-order valence-electron chi connectivity index (χ0n) is 25.0. The van der Waals surface area contributed by atoms with Gasteiger partial charge >= 0.3 is 6.11 Å². The molecule has 1 saturated carbocycles. The van der Waals surface area contributed by atoms with Gasteiger partial charge in [0.05, 0.1) is 17.0 Å². The molecule has 2 aromatic rings. The molecule has 0 spiro atoms. The van der Waals surface area contributed by atoms with Crippen LogP contribution in [0.1, 0.15) is 90.2 Å².